The van der Waals surface area contributed by atoms with Crippen molar-refractivity contribution < 1.29 is 32.0 Å². The van der Waals surface area contributed by atoms with Gasteiger partial charge in [0.2, 0.25) is 0 Å². The monoisotopic (exact) mass is 391 g/mol. The van der Waals surface area contributed by atoms with Crippen LogP contribution < -0.4 is 0 Å². The van der Waals surface area contributed by atoms with E-state index in [-0.39, 0.29) is 16.0 Å². The van der Waals surface area contributed by atoms with Gasteiger partial charge in [0, 0.05) is 0 Å². The predicted molar refractivity (Wildman–Crippen MR) is 90.7 cm³/mol. The van der Waals surface area contributed by atoms with Crippen molar-refractivity contribution in [3.8, 4) is 0 Å². The van der Waals surface area contributed by atoms with Crippen LogP contribution in [0.2, 0.25) is 0 Å². The standard InChI is InChI=1S/C18H14FNO6S/c1-11(27(24,25)13-8-6-12(19)7-9-13)10-16(21)26-20-17(22)14-4-2-3-5-15(14)18(20)23/h2-9,11H,10H2,1H3. The van der Waals surface area contributed by atoms with E-state index in [4.69, 9.17) is 4.84 Å². The lowest BCUT2D eigenvalue weighted by Crippen LogP contribution is -2.34. The topological polar surface area (TPSA) is 97.8 Å². The minimum atomic E-state index is -3.92. The molecule has 9 heteroatoms. The molecule has 27 heavy (non-hydrogen) atoms. The Morgan fingerprint density at radius 2 is 1.56 bits per heavy atom. The van der Waals surface area contributed by atoms with Gasteiger partial charge in [0.15, 0.2) is 9.84 Å². The second-order valence-electron chi connectivity index (χ2n) is 5.93. The van der Waals surface area contributed by atoms with Gasteiger partial charge in [0.25, 0.3) is 11.8 Å². The number of amides is 2. The van der Waals surface area contributed by atoms with Crippen LogP contribution in [-0.2, 0) is 19.5 Å². The molecular weight excluding hydrogens is 377 g/mol. The van der Waals surface area contributed by atoms with Crippen molar-refractivity contribution in [3.05, 3.63) is 65.5 Å². The molecule has 1 unspecified atom stereocenters. The van der Waals surface area contributed by atoms with Crippen LogP contribution in [-0.4, -0.2) is 36.5 Å². The molecule has 2 aromatic rings. The summed E-state index contributed by atoms with van der Waals surface area (Å²) in [5, 5.41) is -0.879. The number of carbonyl (C=O) groups is 3. The van der Waals surface area contributed by atoms with Gasteiger partial charge in [-0.3, -0.25) is 9.59 Å². The highest BCUT2D eigenvalue weighted by Gasteiger charge is 2.39. The van der Waals surface area contributed by atoms with Crippen molar-refractivity contribution in [2.75, 3.05) is 0 Å². The summed E-state index contributed by atoms with van der Waals surface area (Å²) < 4.78 is 37.9. The Hall–Kier alpha value is -3.07. The maximum Gasteiger partial charge on any atom is 0.334 e. The van der Waals surface area contributed by atoms with E-state index >= 15 is 0 Å². The average Bonchev–Trinajstić information content (AvgIpc) is 2.87. The summed E-state index contributed by atoms with van der Waals surface area (Å²) in [6.07, 6.45) is -0.590. The Morgan fingerprint density at radius 1 is 1.04 bits per heavy atom. The number of imide groups is 1. The van der Waals surface area contributed by atoms with Crippen LogP contribution in [0.1, 0.15) is 34.1 Å². The molecule has 1 aliphatic heterocycles. The molecule has 0 fully saturated rings. The number of hydroxylamine groups is 2. The Bertz CT molecular complexity index is 997. The summed E-state index contributed by atoms with van der Waals surface area (Å²) in [4.78, 5) is 41.1. The first kappa shape index (κ1) is 18.7. The number of halogens is 1. The molecule has 1 aliphatic rings. The minimum Gasteiger partial charge on any atom is -0.330 e. The number of carbonyl (C=O) groups excluding carboxylic acids is 3. The summed E-state index contributed by atoms with van der Waals surface area (Å²) >= 11 is 0. The molecule has 0 saturated carbocycles. The van der Waals surface area contributed by atoms with Crippen molar-refractivity contribution in [1.82, 2.24) is 5.06 Å². The Morgan fingerprint density at radius 3 is 2.07 bits per heavy atom. The molecule has 3 rings (SSSR count). The number of nitrogens with zero attached hydrogens (tertiary/aromatic N) is 1. The maximum atomic E-state index is 13.0. The zero-order valence-electron chi connectivity index (χ0n) is 14.1. The molecule has 7 nitrogen and oxygen atoms in total. The van der Waals surface area contributed by atoms with Gasteiger partial charge < -0.3 is 4.84 Å². The molecule has 1 atom stereocenters. The highest BCUT2D eigenvalue weighted by Crippen LogP contribution is 2.24. The normalized spacial score (nSPS) is 14.8. The van der Waals surface area contributed by atoms with Crippen LogP contribution in [0.25, 0.3) is 0 Å². The Labute approximate surface area is 154 Å². The zero-order chi connectivity index (χ0) is 19.8. The van der Waals surface area contributed by atoms with Crippen LogP contribution in [0.15, 0.2) is 53.4 Å². The van der Waals surface area contributed by atoms with Crippen LogP contribution in [0, 0.1) is 5.82 Å². The summed E-state index contributed by atoms with van der Waals surface area (Å²) in [5.74, 6) is -3.23. The van der Waals surface area contributed by atoms with Crippen LogP contribution in [0.3, 0.4) is 0 Å². The largest absolute Gasteiger partial charge is 0.334 e. The number of hydrogen-bond acceptors (Lipinski definition) is 6. The van der Waals surface area contributed by atoms with Gasteiger partial charge in [-0.2, -0.15) is 0 Å². The van der Waals surface area contributed by atoms with Crippen molar-refractivity contribution in [1.29, 1.82) is 0 Å². The number of rotatable bonds is 5. The third-order valence-corrected chi connectivity index (χ3v) is 6.23. The van der Waals surface area contributed by atoms with Gasteiger partial charge in [-0.05, 0) is 43.3 Å². The molecule has 0 spiro atoms. The molecule has 0 aliphatic carbocycles. The summed E-state index contributed by atoms with van der Waals surface area (Å²) in [5.41, 5.74) is 0.199. The number of hydrogen-bond donors (Lipinski definition) is 0. The predicted octanol–water partition coefficient (Wildman–Crippen LogP) is 2.13. The highest BCUT2D eigenvalue weighted by molar-refractivity contribution is 7.92. The van der Waals surface area contributed by atoms with E-state index in [0.717, 1.165) is 24.3 Å². The molecular formula is C18H14FNO6S. The molecule has 0 aromatic heterocycles. The highest BCUT2D eigenvalue weighted by atomic mass is 32.2. The van der Waals surface area contributed by atoms with E-state index in [9.17, 15) is 27.2 Å². The van der Waals surface area contributed by atoms with Crippen molar-refractivity contribution in [3.63, 3.8) is 0 Å². The van der Waals surface area contributed by atoms with Gasteiger partial charge in [0.05, 0.1) is 27.7 Å². The van der Waals surface area contributed by atoms with Crippen LogP contribution in [0.5, 0.6) is 0 Å². The fourth-order valence-electron chi connectivity index (χ4n) is 2.59. The van der Waals surface area contributed by atoms with Gasteiger partial charge in [-0.1, -0.05) is 17.2 Å². The Kier molecular flexibility index (Phi) is 4.79. The van der Waals surface area contributed by atoms with E-state index < -0.39 is 45.1 Å². The van der Waals surface area contributed by atoms with Gasteiger partial charge in [0.1, 0.15) is 5.82 Å². The van der Waals surface area contributed by atoms with Crippen molar-refractivity contribution in [2.45, 2.75) is 23.5 Å². The second-order valence-corrected chi connectivity index (χ2v) is 8.29. The number of benzene rings is 2. The van der Waals surface area contributed by atoms with E-state index in [2.05, 4.69) is 0 Å². The number of fused-ring (bicyclic) bond motifs is 1. The van der Waals surface area contributed by atoms with Crippen LogP contribution in [0.4, 0.5) is 4.39 Å². The van der Waals surface area contributed by atoms with Gasteiger partial charge in [-0.15, -0.1) is 0 Å². The van der Waals surface area contributed by atoms with Crippen molar-refractivity contribution in [2.24, 2.45) is 0 Å². The summed E-state index contributed by atoms with van der Waals surface area (Å²) in [6.45, 7) is 1.28. The number of sulfone groups is 1. The molecule has 0 N–H and O–H groups in total. The van der Waals surface area contributed by atoms with Crippen LogP contribution >= 0.6 is 0 Å². The zero-order valence-corrected chi connectivity index (χ0v) is 14.9. The molecule has 0 radical (unpaired) electrons. The average molecular weight is 391 g/mol. The lowest BCUT2D eigenvalue weighted by Gasteiger charge is -2.15. The first-order chi connectivity index (χ1) is 12.7. The molecule has 0 saturated heterocycles. The third-order valence-electron chi connectivity index (χ3n) is 4.08. The van der Waals surface area contributed by atoms with E-state index in [1.54, 1.807) is 12.1 Å². The van der Waals surface area contributed by atoms with E-state index in [1.165, 1.54) is 19.1 Å². The van der Waals surface area contributed by atoms with Gasteiger partial charge >= 0.3 is 5.97 Å². The molecule has 0 bridgehead atoms. The summed E-state index contributed by atoms with van der Waals surface area (Å²) in [7, 11) is -3.92. The summed E-state index contributed by atoms with van der Waals surface area (Å²) in [6, 6.07) is 10.1. The van der Waals surface area contributed by atoms with Crippen molar-refractivity contribution >= 4 is 27.6 Å². The first-order valence-electron chi connectivity index (χ1n) is 7.90. The lowest BCUT2D eigenvalue weighted by atomic mass is 10.1. The van der Waals surface area contributed by atoms with E-state index in [1.807, 2.05) is 0 Å². The second kappa shape index (κ2) is 6.92. The molecule has 140 valence electrons. The lowest BCUT2D eigenvalue weighted by molar-refractivity contribution is -0.168. The Balaban J connectivity index is 1.70. The van der Waals surface area contributed by atoms with E-state index in [0.29, 0.717) is 5.06 Å². The molecule has 1 heterocycles. The fourth-order valence-corrected chi connectivity index (χ4v) is 3.93. The molecule has 2 amide bonds. The SMILES string of the molecule is CC(CC(=O)ON1C(=O)c2ccccc2C1=O)S(=O)(=O)c1ccc(F)cc1. The maximum absolute atomic E-state index is 13.0. The first-order valence-corrected chi connectivity index (χ1v) is 9.44. The minimum absolute atomic E-state index is 0.0993. The third kappa shape index (κ3) is 3.45. The van der Waals surface area contributed by atoms with Gasteiger partial charge in [-0.25, -0.2) is 17.6 Å². The fraction of sp³-hybridized carbons (Fsp3) is 0.167. The quantitative estimate of drug-likeness (QED) is 0.572. The molecule has 2 aromatic carbocycles. The smallest absolute Gasteiger partial charge is 0.330 e.